The van der Waals surface area contributed by atoms with E-state index in [1.807, 2.05) is 60.4 Å². The van der Waals surface area contributed by atoms with Crippen molar-refractivity contribution in [1.29, 1.82) is 5.26 Å². The number of rotatable bonds is 13. The first kappa shape index (κ1) is 30.4. The van der Waals surface area contributed by atoms with Crippen LogP contribution in [0.5, 0.6) is 0 Å². The molecular formula is C33H44N6O2. The molecule has 2 aromatic carbocycles. The Hall–Kier alpha value is -3.54. The summed E-state index contributed by atoms with van der Waals surface area (Å²) in [5.74, 6) is 0.608. The molecule has 0 aliphatic heterocycles. The molecule has 3 aromatic rings. The molecule has 1 aromatic heterocycles. The molecule has 0 radical (unpaired) electrons. The Morgan fingerprint density at radius 3 is 2.44 bits per heavy atom. The predicted octanol–water partition coefficient (Wildman–Crippen LogP) is 5.68. The van der Waals surface area contributed by atoms with Crippen molar-refractivity contribution in [1.82, 2.24) is 20.0 Å². The first-order valence-corrected chi connectivity index (χ1v) is 14.9. The van der Waals surface area contributed by atoms with Crippen molar-refractivity contribution in [2.75, 3.05) is 33.7 Å². The fourth-order valence-electron chi connectivity index (χ4n) is 5.76. The van der Waals surface area contributed by atoms with Crippen molar-refractivity contribution < 1.29 is 9.21 Å². The van der Waals surface area contributed by atoms with E-state index in [9.17, 15) is 10.1 Å². The van der Waals surface area contributed by atoms with Crippen LogP contribution in [0.3, 0.4) is 0 Å². The summed E-state index contributed by atoms with van der Waals surface area (Å²) < 4.78 is 6.18. The molecule has 1 atom stereocenters. The van der Waals surface area contributed by atoms with E-state index in [2.05, 4.69) is 42.2 Å². The predicted molar refractivity (Wildman–Crippen MR) is 161 cm³/mol. The van der Waals surface area contributed by atoms with Crippen LogP contribution in [0.4, 0.5) is 0 Å². The van der Waals surface area contributed by atoms with Crippen LogP contribution in [-0.4, -0.2) is 59.6 Å². The second-order valence-corrected chi connectivity index (χ2v) is 12.0. The van der Waals surface area contributed by atoms with E-state index in [0.717, 1.165) is 62.6 Å². The number of nitrogens with zero attached hydrogens (tertiary/aromatic N) is 5. The zero-order valence-corrected chi connectivity index (χ0v) is 25.0. The van der Waals surface area contributed by atoms with Crippen molar-refractivity contribution in [3.05, 3.63) is 71.1 Å². The van der Waals surface area contributed by atoms with Crippen LogP contribution in [0.15, 0.2) is 52.9 Å². The number of nitriles is 1. The quantitative estimate of drug-likeness (QED) is 0.269. The molecule has 0 bridgehead atoms. The first-order valence-electron chi connectivity index (χ1n) is 14.9. The smallest absolute Gasteiger partial charge is 0.253 e. The number of unbranched alkanes of at least 4 members (excludes halogenated alkanes) is 1. The molecule has 1 fully saturated rings. The second-order valence-electron chi connectivity index (χ2n) is 12.0. The number of carbonyl (C=O) groups is 1. The van der Waals surface area contributed by atoms with Crippen molar-refractivity contribution in [3.8, 4) is 17.5 Å². The molecule has 1 heterocycles. The van der Waals surface area contributed by atoms with Gasteiger partial charge in [-0.15, -0.1) is 10.2 Å². The third kappa shape index (κ3) is 7.41. The third-order valence-corrected chi connectivity index (χ3v) is 8.04. The van der Waals surface area contributed by atoms with Crippen molar-refractivity contribution in [3.63, 3.8) is 0 Å². The summed E-state index contributed by atoms with van der Waals surface area (Å²) in [6.45, 7) is 6.33. The topological polar surface area (TPSA) is 112 Å². The summed E-state index contributed by atoms with van der Waals surface area (Å²) in [6, 6.07) is 18.3. The minimum Gasteiger partial charge on any atom is -0.419 e. The average Bonchev–Trinajstić information content (AvgIpc) is 3.66. The number of hydrogen-bond acceptors (Lipinski definition) is 7. The summed E-state index contributed by atoms with van der Waals surface area (Å²) in [7, 11) is 4.13. The van der Waals surface area contributed by atoms with E-state index >= 15 is 0 Å². The van der Waals surface area contributed by atoms with Gasteiger partial charge in [-0.1, -0.05) is 50.1 Å². The fraction of sp³-hybridized carbons (Fsp3) is 0.515. The van der Waals surface area contributed by atoms with Gasteiger partial charge in [-0.05, 0) is 95.4 Å². The van der Waals surface area contributed by atoms with Crippen molar-refractivity contribution in [2.24, 2.45) is 5.73 Å². The highest BCUT2D eigenvalue weighted by Gasteiger charge is 2.37. The average molecular weight is 557 g/mol. The number of nitrogens with two attached hydrogens (primary N) is 1. The minimum atomic E-state index is -0.868. The molecule has 0 saturated heterocycles. The Bertz CT molecular complexity index is 1340. The van der Waals surface area contributed by atoms with Crippen LogP contribution >= 0.6 is 0 Å². The zero-order chi connectivity index (χ0) is 29.5. The van der Waals surface area contributed by atoms with Crippen LogP contribution in [0.25, 0.3) is 11.5 Å². The number of benzene rings is 2. The molecule has 0 spiro atoms. The Morgan fingerprint density at radius 1 is 1.07 bits per heavy atom. The van der Waals surface area contributed by atoms with Gasteiger partial charge in [0.25, 0.3) is 5.91 Å². The monoisotopic (exact) mass is 556 g/mol. The first-order chi connectivity index (χ1) is 19.7. The normalized spacial score (nSPS) is 15.9. The lowest BCUT2D eigenvalue weighted by Gasteiger charge is -2.25. The Kier molecular flexibility index (Phi) is 9.95. The van der Waals surface area contributed by atoms with E-state index in [1.54, 1.807) is 0 Å². The Balaban J connectivity index is 1.68. The lowest BCUT2D eigenvalue weighted by molar-refractivity contribution is 0.0751. The molecule has 0 unspecified atom stereocenters. The second kappa shape index (κ2) is 13.4. The molecule has 1 aliphatic rings. The van der Waals surface area contributed by atoms with Gasteiger partial charge in [0.05, 0.1) is 17.0 Å². The standard InChI is InChI=1S/C33H44N6O2/c1-5-17-39(19-12-11-18-38(3)4)30(40)27-20-26(21-28(22-27)33(24-34)15-9-10-16-33)29-36-37-31(41-29)32(2,35)23-25-13-7-6-8-14-25/h6-8,13-14,20-22H,5,9-12,15-19,23,35H2,1-4H3/t32-/m1/s1. The van der Waals surface area contributed by atoms with E-state index < -0.39 is 11.0 Å². The largest absolute Gasteiger partial charge is 0.419 e. The van der Waals surface area contributed by atoms with Gasteiger partial charge in [-0.3, -0.25) is 4.79 Å². The summed E-state index contributed by atoms with van der Waals surface area (Å²) in [4.78, 5) is 18.0. The molecule has 8 nitrogen and oxygen atoms in total. The van der Waals surface area contributed by atoms with Crippen LogP contribution in [0, 0.1) is 11.3 Å². The number of hydrogen-bond donors (Lipinski definition) is 1. The summed E-state index contributed by atoms with van der Waals surface area (Å²) >= 11 is 0. The molecule has 218 valence electrons. The molecule has 1 saturated carbocycles. The summed E-state index contributed by atoms with van der Waals surface area (Å²) in [6.07, 6.45) is 6.90. The molecule has 8 heteroatoms. The van der Waals surface area contributed by atoms with E-state index in [1.165, 1.54) is 0 Å². The minimum absolute atomic E-state index is 0.0293. The highest BCUT2D eigenvalue weighted by Crippen LogP contribution is 2.42. The summed E-state index contributed by atoms with van der Waals surface area (Å²) in [5.41, 5.74) is 8.29. The zero-order valence-electron chi connectivity index (χ0n) is 25.0. The Morgan fingerprint density at radius 2 is 1.78 bits per heavy atom. The van der Waals surface area contributed by atoms with Gasteiger partial charge in [-0.2, -0.15) is 5.26 Å². The Labute approximate surface area is 244 Å². The van der Waals surface area contributed by atoms with Crippen molar-refractivity contribution >= 4 is 5.91 Å². The summed E-state index contributed by atoms with van der Waals surface area (Å²) in [5, 5.41) is 19.0. The van der Waals surface area contributed by atoms with Gasteiger partial charge in [0, 0.05) is 24.2 Å². The third-order valence-electron chi connectivity index (χ3n) is 8.04. The van der Waals surface area contributed by atoms with Gasteiger partial charge in [-0.25, -0.2) is 0 Å². The molecular weight excluding hydrogens is 512 g/mol. The van der Waals surface area contributed by atoms with Gasteiger partial charge < -0.3 is 20.0 Å². The van der Waals surface area contributed by atoms with E-state index in [4.69, 9.17) is 10.2 Å². The SMILES string of the molecule is CCCN(CCCCN(C)C)C(=O)c1cc(-c2nnc([C@](C)(N)Cc3ccccc3)o2)cc(C2(C#N)CCCC2)c1. The van der Waals surface area contributed by atoms with Crippen LogP contribution in [-0.2, 0) is 17.4 Å². The molecule has 1 aliphatic carbocycles. The van der Waals surface area contributed by atoms with Crippen LogP contribution in [0.1, 0.15) is 86.2 Å². The maximum absolute atomic E-state index is 13.9. The number of aromatic nitrogens is 2. The van der Waals surface area contributed by atoms with Crippen molar-refractivity contribution in [2.45, 2.75) is 76.2 Å². The maximum atomic E-state index is 13.9. The number of carbonyl (C=O) groups excluding carboxylic acids is 1. The van der Waals surface area contributed by atoms with Gasteiger partial charge in [0.15, 0.2) is 0 Å². The highest BCUT2D eigenvalue weighted by molar-refractivity contribution is 5.95. The molecule has 41 heavy (non-hydrogen) atoms. The molecule has 2 N–H and O–H groups in total. The van der Waals surface area contributed by atoms with Gasteiger partial charge in [0.1, 0.15) is 0 Å². The lowest BCUT2D eigenvalue weighted by atomic mass is 9.79. The van der Waals surface area contributed by atoms with Gasteiger partial charge in [0.2, 0.25) is 11.8 Å². The lowest BCUT2D eigenvalue weighted by Crippen LogP contribution is -2.35. The number of amides is 1. The van der Waals surface area contributed by atoms with Crippen LogP contribution in [0.2, 0.25) is 0 Å². The van der Waals surface area contributed by atoms with E-state index in [-0.39, 0.29) is 5.91 Å². The fourth-order valence-corrected chi connectivity index (χ4v) is 5.76. The molecule has 1 amide bonds. The molecule has 4 rings (SSSR count). The van der Waals surface area contributed by atoms with Gasteiger partial charge >= 0.3 is 0 Å². The maximum Gasteiger partial charge on any atom is 0.253 e. The van der Waals surface area contributed by atoms with E-state index in [0.29, 0.717) is 42.4 Å². The highest BCUT2D eigenvalue weighted by atomic mass is 16.4. The van der Waals surface area contributed by atoms with Crippen LogP contribution < -0.4 is 5.73 Å².